The lowest BCUT2D eigenvalue weighted by molar-refractivity contribution is -0.230. The van der Waals surface area contributed by atoms with E-state index < -0.39 is 84.7 Å². The van der Waals surface area contributed by atoms with E-state index in [-0.39, 0.29) is 12.8 Å². The fourth-order valence-corrected chi connectivity index (χ4v) is 5.34. The maximum absolute atomic E-state index is 13.1. The lowest BCUT2D eigenvalue weighted by atomic mass is 9.98. The molecule has 0 saturated carbocycles. The zero-order valence-corrected chi connectivity index (χ0v) is 21.8. The first-order valence-corrected chi connectivity index (χ1v) is 12.1. The van der Waals surface area contributed by atoms with Crippen molar-refractivity contribution in [1.29, 1.82) is 0 Å². The highest BCUT2D eigenvalue weighted by atomic mass is 16.8. The fraction of sp³-hybridized carbons (Fsp3) is 0.913. The Morgan fingerprint density at radius 3 is 1.78 bits per heavy atom. The van der Waals surface area contributed by atoms with E-state index in [1.165, 1.54) is 21.3 Å². The highest BCUT2D eigenvalue weighted by Crippen LogP contribution is 2.41. The molecule has 4 rings (SSSR count). The lowest BCUT2D eigenvalue weighted by Crippen LogP contribution is -2.52. The molecular formula is C23H38N2O11. The minimum absolute atomic E-state index is 0.108. The minimum Gasteiger partial charge on any atom is -0.469 e. The largest absolute Gasteiger partial charge is 0.469 e. The highest BCUT2D eigenvalue weighted by molar-refractivity contribution is 5.78. The molecule has 0 aromatic carbocycles. The molecular weight excluding hydrogens is 480 g/mol. The van der Waals surface area contributed by atoms with Crippen LogP contribution >= 0.6 is 0 Å². The molecule has 206 valence electrons. The molecule has 0 aliphatic carbocycles. The van der Waals surface area contributed by atoms with Gasteiger partial charge in [-0.25, -0.2) is 0 Å². The first-order valence-electron chi connectivity index (χ1n) is 12.1. The molecule has 4 fully saturated rings. The second-order valence-corrected chi connectivity index (χ2v) is 10.4. The van der Waals surface area contributed by atoms with Crippen molar-refractivity contribution in [1.82, 2.24) is 5.32 Å². The van der Waals surface area contributed by atoms with Crippen molar-refractivity contribution < 1.29 is 52.2 Å². The summed E-state index contributed by atoms with van der Waals surface area (Å²) in [6.07, 6.45) is -5.05. The number of nitrogens with two attached hydrogens (primary N) is 1. The number of esters is 1. The zero-order chi connectivity index (χ0) is 26.4. The first kappa shape index (κ1) is 27.6. The van der Waals surface area contributed by atoms with Gasteiger partial charge in [0.2, 0.25) is 5.91 Å². The number of hydrogen-bond donors (Lipinski definition) is 2. The average Bonchev–Trinajstić information content (AvgIpc) is 3.48. The van der Waals surface area contributed by atoms with E-state index in [0.29, 0.717) is 0 Å². The molecule has 10 atom stereocenters. The number of fused-ring (bicyclic) bond motifs is 2. The van der Waals surface area contributed by atoms with Crippen molar-refractivity contribution in [3.63, 3.8) is 0 Å². The smallest absolute Gasteiger partial charge is 0.307 e. The number of carbonyl (C=O) groups is 2. The number of carbonyl (C=O) groups excluding carboxylic acids is 2. The van der Waals surface area contributed by atoms with Crippen LogP contribution in [0.4, 0.5) is 0 Å². The monoisotopic (exact) mass is 518 g/mol. The first-order chi connectivity index (χ1) is 16.9. The third-order valence-electron chi connectivity index (χ3n) is 6.76. The van der Waals surface area contributed by atoms with E-state index in [1.807, 2.05) is 0 Å². The van der Waals surface area contributed by atoms with Gasteiger partial charge in [-0.2, -0.15) is 0 Å². The van der Waals surface area contributed by atoms with E-state index in [9.17, 15) is 9.59 Å². The Balaban J connectivity index is 1.44. The molecule has 36 heavy (non-hydrogen) atoms. The third kappa shape index (κ3) is 5.54. The molecule has 13 heteroatoms. The van der Waals surface area contributed by atoms with Gasteiger partial charge >= 0.3 is 5.97 Å². The molecule has 0 unspecified atom stereocenters. The van der Waals surface area contributed by atoms with Gasteiger partial charge in [-0.3, -0.25) is 9.59 Å². The molecule has 4 aliphatic rings. The fourth-order valence-electron chi connectivity index (χ4n) is 5.34. The summed E-state index contributed by atoms with van der Waals surface area (Å²) in [4.78, 5) is 25.3. The molecule has 0 spiro atoms. The van der Waals surface area contributed by atoms with Crippen molar-refractivity contribution in [2.75, 3.05) is 21.3 Å². The minimum atomic E-state index is -0.873. The van der Waals surface area contributed by atoms with Crippen LogP contribution in [0.5, 0.6) is 0 Å². The van der Waals surface area contributed by atoms with Gasteiger partial charge in [0, 0.05) is 26.7 Å². The molecule has 0 radical (unpaired) electrons. The molecule has 4 aliphatic heterocycles. The molecule has 0 bridgehead atoms. The summed E-state index contributed by atoms with van der Waals surface area (Å²) in [5.41, 5.74) is 6.40. The van der Waals surface area contributed by atoms with E-state index in [0.717, 1.165) is 0 Å². The van der Waals surface area contributed by atoms with E-state index in [2.05, 4.69) is 5.32 Å². The van der Waals surface area contributed by atoms with Crippen LogP contribution in [-0.4, -0.2) is 106 Å². The topological polar surface area (TPSA) is 155 Å². The maximum atomic E-state index is 13.1. The molecule has 4 heterocycles. The Morgan fingerprint density at radius 2 is 1.28 bits per heavy atom. The number of methoxy groups -OCH3 is 3. The molecule has 0 aromatic heterocycles. The van der Waals surface area contributed by atoms with Crippen LogP contribution in [0.15, 0.2) is 0 Å². The molecule has 1 amide bonds. The van der Waals surface area contributed by atoms with Gasteiger partial charge < -0.3 is 53.7 Å². The van der Waals surface area contributed by atoms with Crippen LogP contribution in [0.3, 0.4) is 0 Å². The molecule has 4 saturated heterocycles. The van der Waals surface area contributed by atoms with Gasteiger partial charge in [-0.15, -0.1) is 0 Å². The summed E-state index contributed by atoms with van der Waals surface area (Å²) >= 11 is 0. The van der Waals surface area contributed by atoms with Crippen LogP contribution < -0.4 is 11.1 Å². The summed E-state index contributed by atoms with van der Waals surface area (Å²) in [6.45, 7) is 7.15. The van der Waals surface area contributed by atoms with Gasteiger partial charge in [0.05, 0.1) is 19.6 Å². The predicted octanol–water partition coefficient (Wildman–Crippen LogP) is -0.465. The summed E-state index contributed by atoms with van der Waals surface area (Å²) in [5.74, 6) is -2.63. The Hall–Kier alpha value is -1.42. The molecule has 0 aromatic rings. The van der Waals surface area contributed by atoms with Crippen LogP contribution in [0.1, 0.15) is 40.5 Å². The summed E-state index contributed by atoms with van der Waals surface area (Å²) < 4.78 is 51.4. The number of ether oxygens (including phenoxy) is 9. The van der Waals surface area contributed by atoms with Gasteiger partial charge in [-0.05, 0) is 27.7 Å². The standard InChI is InChI=1S/C23H38N2O11/c1-22(2)33-16-14(31-20(29-6)18(16)35-22)10(24)8-12(26)25-11(9-13(27)28-5)15-17-19(21(30-7)32-15)36-23(3,4)34-17/h10-11,14-21H,8-9,24H2,1-7H3,(H,25,26)/t10-,11+,14-,15-,16+,17+,18+,19+,20+,21+/m1/s1. The third-order valence-corrected chi connectivity index (χ3v) is 6.76. The van der Waals surface area contributed by atoms with Crippen molar-refractivity contribution in [2.45, 2.75) is 113 Å². The highest BCUT2D eigenvalue weighted by Gasteiger charge is 2.59. The SMILES string of the molecule is COC(=O)C[C@H](NC(=O)C[C@@H](N)[C@H]1O[C@H](OC)[C@H]2OC(C)(C)O[C@H]21)[C@H]1O[C@H](OC)[C@H]2OC(C)(C)O[C@H]21. The van der Waals surface area contributed by atoms with Crippen molar-refractivity contribution in [3.8, 4) is 0 Å². The van der Waals surface area contributed by atoms with Crippen molar-refractivity contribution >= 4 is 11.9 Å². The second kappa shape index (κ2) is 10.4. The quantitative estimate of drug-likeness (QED) is 0.379. The van der Waals surface area contributed by atoms with Gasteiger partial charge in [0.25, 0.3) is 0 Å². The van der Waals surface area contributed by atoms with Gasteiger partial charge in [0.15, 0.2) is 24.2 Å². The second-order valence-electron chi connectivity index (χ2n) is 10.4. The normalized spacial score (nSPS) is 39.9. The van der Waals surface area contributed by atoms with E-state index in [1.54, 1.807) is 27.7 Å². The van der Waals surface area contributed by atoms with Crippen LogP contribution in [0.2, 0.25) is 0 Å². The van der Waals surface area contributed by atoms with Gasteiger partial charge in [0.1, 0.15) is 36.6 Å². The van der Waals surface area contributed by atoms with E-state index in [4.69, 9.17) is 48.4 Å². The van der Waals surface area contributed by atoms with Gasteiger partial charge in [-0.1, -0.05) is 0 Å². The van der Waals surface area contributed by atoms with E-state index >= 15 is 0 Å². The Kier molecular flexibility index (Phi) is 7.97. The Bertz CT molecular complexity index is 824. The Morgan fingerprint density at radius 1 is 0.806 bits per heavy atom. The Labute approximate surface area is 210 Å². The lowest BCUT2D eigenvalue weighted by Gasteiger charge is -2.30. The number of rotatable bonds is 9. The summed E-state index contributed by atoms with van der Waals surface area (Å²) in [5, 5.41) is 2.87. The average molecular weight is 519 g/mol. The summed E-state index contributed by atoms with van der Waals surface area (Å²) in [7, 11) is 4.27. The molecule has 3 N–H and O–H groups in total. The summed E-state index contributed by atoms with van der Waals surface area (Å²) in [6, 6.07) is -1.51. The van der Waals surface area contributed by atoms with Crippen molar-refractivity contribution in [3.05, 3.63) is 0 Å². The number of amides is 1. The number of hydrogen-bond acceptors (Lipinski definition) is 12. The van der Waals surface area contributed by atoms with Crippen molar-refractivity contribution in [2.24, 2.45) is 5.73 Å². The zero-order valence-electron chi connectivity index (χ0n) is 21.8. The van der Waals surface area contributed by atoms with Crippen LogP contribution in [0.25, 0.3) is 0 Å². The predicted molar refractivity (Wildman–Crippen MR) is 120 cm³/mol. The van der Waals surface area contributed by atoms with Crippen LogP contribution in [0, 0.1) is 0 Å². The van der Waals surface area contributed by atoms with Crippen LogP contribution in [-0.2, 0) is 52.2 Å². The maximum Gasteiger partial charge on any atom is 0.307 e. The number of nitrogens with one attached hydrogen (secondary N) is 1. The molecule has 13 nitrogen and oxygen atoms in total.